The molecule has 0 fully saturated rings. The summed E-state index contributed by atoms with van der Waals surface area (Å²) in [6.07, 6.45) is 0. The average Bonchev–Trinajstić information content (AvgIpc) is 2.66. The third-order valence-electron chi connectivity index (χ3n) is 4.39. The first-order valence-electron chi connectivity index (χ1n) is 9.71. The Balaban J connectivity index is 2.19. The number of hydrogen-bond donors (Lipinski definition) is 1. The molecular weight excluding hydrogens is 439 g/mol. The normalized spacial score (nSPS) is 12.4. The summed E-state index contributed by atoms with van der Waals surface area (Å²) < 4.78 is 0. The number of thioether (sulfide) groups is 1. The van der Waals surface area contributed by atoms with Crippen LogP contribution in [0.15, 0.2) is 47.4 Å². The molecule has 0 saturated heterocycles. The number of carbonyl (C=O) groups is 2. The van der Waals surface area contributed by atoms with E-state index in [1.54, 1.807) is 24.0 Å². The molecule has 7 heteroatoms. The molecule has 2 amide bonds. The Morgan fingerprint density at radius 3 is 2.27 bits per heavy atom. The van der Waals surface area contributed by atoms with Gasteiger partial charge in [-0.1, -0.05) is 47.0 Å². The van der Waals surface area contributed by atoms with Crippen molar-refractivity contribution in [2.75, 3.05) is 5.75 Å². The average molecular weight is 467 g/mol. The molecule has 2 aromatic carbocycles. The van der Waals surface area contributed by atoms with Crippen LogP contribution in [0.3, 0.4) is 0 Å². The zero-order valence-electron chi connectivity index (χ0n) is 18.0. The lowest BCUT2D eigenvalue weighted by molar-refractivity contribution is -0.139. The highest BCUT2D eigenvalue weighted by Gasteiger charge is 2.28. The molecule has 2 aromatic rings. The molecule has 4 nitrogen and oxygen atoms in total. The molecule has 0 aromatic heterocycles. The second-order valence-electron chi connectivity index (χ2n) is 8.29. The monoisotopic (exact) mass is 466 g/mol. The van der Waals surface area contributed by atoms with Crippen molar-refractivity contribution in [3.05, 3.63) is 63.6 Å². The Hall–Kier alpha value is -1.69. The van der Waals surface area contributed by atoms with E-state index in [9.17, 15) is 9.59 Å². The van der Waals surface area contributed by atoms with Gasteiger partial charge in [-0.25, -0.2) is 0 Å². The number of aryl methyl sites for hydroxylation is 1. The molecule has 0 aliphatic carbocycles. The van der Waals surface area contributed by atoms with Gasteiger partial charge in [0.05, 0.1) is 15.8 Å². The standard InChI is InChI=1S/C23H28Cl2N2O2S/c1-15-6-9-18(10-7-15)30-14-21(28)27(16(2)22(29)26-23(3,4)5)13-17-8-11-19(24)20(25)12-17/h6-12,16H,13-14H2,1-5H3,(H,26,29). The highest BCUT2D eigenvalue weighted by Crippen LogP contribution is 2.25. The van der Waals surface area contributed by atoms with Crippen LogP contribution < -0.4 is 5.32 Å². The predicted octanol–water partition coefficient (Wildman–Crippen LogP) is 5.73. The summed E-state index contributed by atoms with van der Waals surface area (Å²) >= 11 is 13.6. The number of carbonyl (C=O) groups excluding carboxylic acids is 2. The third kappa shape index (κ3) is 7.53. The van der Waals surface area contributed by atoms with Gasteiger partial charge in [-0.2, -0.15) is 0 Å². The van der Waals surface area contributed by atoms with Crippen molar-refractivity contribution >= 4 is 46.8 Å². The highest BCUT2D eigenvalue weighted by atomic mass is 35.5. The van der Waals surface area contributed by atoms with Crippen molar-refractivity contribution in [2.45, 2.75) is 57.6 Å². The zero-order valence-corrected chi connectivity index (χ0v) is 20.3. The van der Waals surface area contributed by atoms with E-state index < -0.39 is 6.04 Å². The number of amides is 2. The van der Waals surface area contributed by atoms with E-state index in [2.05, 4.69) is 5.32 Å². The van der Waals surface area contributed by atoms with Crippen molar-refractivity contribution in [1.82, 2.24) is 10.2 Å². The smallest absolute Gasteiger partial charge is 0.242 e. The van der Waals surface area contributed by atoms with E-state index in [1.165, 1.54) is 17.3 Å². The Kier molecular flexibility index (Phi) is 8.65. The van der Waals surface area contributed by atoms with Gasteiger partial charge in [0, 0.05) is 17.0 Å². The number of benzene rings is 2. The molecule has 1 unspecified atom stereocenters. The first-order valence-corrected chi connectivity index (χ1v) is 11.5. The Bertz CT molecular complexity index is 895. The van der Waals surface area contributed by atoms with Crippen LogP contribution in [-0.4, -0.2) is 34.0 Å². The third-order valence-corrected chi connectivity index (χ3v) is 6.12. The number of hydrogen-bond acceptors (Lipinski definition) is 3. The summed E-state index contributed by atoms with van der Waals surface area (Å²) in [5.41, 5.74) is 1.59. The van der Waals surface area contributed by atoms with Gasteiger partial charge in [0.1, 0.15) is 6.04 Å². The maximum atomic E-state index is 13.1. The molecule has 0 heterocycles. The Labute approximate surface area is 193 Å². The van der Waals surface area contributed by atoms with Crippen molar-refractivity contribution < 1.29 is 9.59 Å². The molecule has 0 radical (unpaired) electrons. The molecule has 0 spiro atoms. The maximum absolute atomic E-state index is 13.1. The van der Waals surface area contributed by atoms with Crippen LogP contribution in [0.5, 0.6) is 0 Å². The van der Waals surface area contributed by atoms with Crippen LogP contribution >= 0.6 is 35.0 Å². The summed E-state index contributed by atoms with van der Waals surface area (Å²) in [6.45, 7) is 9.77. The second-order valence-corrected chi connectivity index (χ2v) is 10.2. The first kappa shape index (κ1) is 24.6. The molecule has 0 aliphatic heterocycles. The van der Waals surface area contributed by atoms with Crippen molar-refractivity contribution in [1.29, 1.82) is 0 Å². The SMILES string of the molecule is Cc1ccc(SCC(=O)N(Cc2ccc(Cl)c(Cl)c2)C(C)C(=O)NC(C)(C)C)cc1. The molecular formula is C23H28Cl2N2O2S. The lowest BCUT2D eigenvalue weighted by Crippen LogP contribution is -2.52. The number of rotatable bonds is 7. The van der Waals surface area contributed by atoms with E-state index >= 15 is 0 Å². The minimum absolute atomic E-state index is 0.122. The molecule has 1 atom stereocenters. The summed E-state index contributed by atoms with van der Waals surface area (Å²) in [5.74, 6) is -0.0863. The quantitative estimate of drug-likeness (QED) is 0.530. The summed E-state index contributed by atoms with van der Waals surface area (Å²) in [4.78, 5) is 28.5. The summed E-state index contributed by atoms with van der Waals surface area (Å²) in [5, 5.41) is 3.82. The van der Waals surface area contributed by atoms with Crippen LogP contribution in [0.4, 0.5) is 0 Å². The van der Waals surface area contributed by atoms with Crippen LogP contribution in [0.25, 0.3) is 0 Å². The van der Waals surface area contributed by atoms with E-state index in [-0.39, 0.29) is 29.7 Å². The fourth-order valence-electron chi connectivity index (χ4n) is 2.75. The maximum Gasteiger partial charge on any atom is 0.242 e. The minimum Gasteiger partial charge on any atom is -0.350 e. The zero-order chi connectivity index (χ0) is 22.5. The largest absolute Gasteiger partial charge is 0.350 e. The van der Waals surface area contributed by atoms with Gasteiger partial charge >= 0.3 is 0 Å². The van der Waals surface area contributed by atoms with Gasteiger partial charge in [0.15, 0.2) is 0 Å². The molecule has 1 N–H and O–H groups in total. The van der Waals surface area contributed by atoms with Gasteiger partial charge in [-0.3, -0.25) is 9.59 Å². The predicted molar refractivity (Wildman–Crippen MR) is 126 cm³/mol. The second kappa shape index (κ2) is 10.6. The lowest BCUT2D eigenvalue weighted by Gasteiger charge is -2.31. The molecule has 30 heavy (non-hydrogen) atoms. The van der Waals surface area contributed by atoms with Crippen LogP contribution in [0, 0.1) is 6.92 Å². The fourth-order valence-corrected chi connectivity index (χ4v) is 3.86. The Morgan fingerprint density at radius 2 is 1.70 bits per heavy atom. The van der Waals surface area contributed by atoms with Gasteiger partial charge < -0.3 is 10.2 Å². The molecule has 0 saturated carbocycles. The van der Waals surface area contributed by atoms with Crippen LogP contribution in [0.1, 0.15) is 38.8 Å². The molecule has 2 rings (SSSR count). The highest BCUT2D eigenvalue weighted by molar-refractivity contribution is 8.00. The number of nitrogens with zero attached hydrogens (tertiary/aromatic N) is 1. The van der Waals surface area contributed by atoms with Gasteiger partial charge in [-0.05, 0) is 64.4 Å². The fraction of sp³-hybridized carbons (Fsp3) is 0.391. The van der Waals surface area contributed by atoms with Gasteiger partial charge in [0.25, 0.3) is 0 Å². The molecule has 162 valence electrons. The van der Waals surface area contributed by atoms with E-state index in [0.29, 0.717) is 10.0 Å². The number of nitrogens with one attached hydrogen (secondary N) is 1. The summed E-state index contributed by atoms with van der Waals surface area (Å²) in [7, 11) is 0. The van der Waals surface area contributed by atoms with Crippen LogP contribution in [-0.2, 0) is 16.1 Å². The van der Waals surface area contributed by atoms with Crippen LogP contribution in [0.2, 0.25) is 10.0 Å². The molecule has 0 aliphatic rings. The lowest BCUT2D eigenvalue weighted by atomic mass is 10.1. The molecule has 0 bridgehead atoms. The first-order chi connectivity index (χ1) is 14.0. The Morgan fingerprint density at radius 1 is 1.07 bits per heavy atom. The number of halogens is 2. The van der Waals surface area contributed by atoms with E-state index in [1.807, 2.05) is 58.0 Å². The summed E-state index contributed by atoms with van der Waals surface area (Å²) in [6, 6.07) is 12.6. The topological polar surface area (TPSA) is 49.4 Å². The van der Waals surface area contributed by atoms with Crippen molar-refractivity contribution in [2.24, 2.45) is 0 Å². The van der Waals surface area contributed by atoms with Gasteiger partial charge in [0.2, 0.25) is 11.8 Å². The van der Waals surface area contributed by atoms with E-state index in [0.717, 1.165) is 10.5 Å². The van der Waals surface area contributed by atoms with Crippen molar-refractivity contribution in [3.63, 3.8) is 0 Å². The van der Waals surface area contributed by atoms with E-state index in [4.69, 9.17) is 23.2 Å². The minimum atomic E-state index is -0.634. The van der Waals surface area contributed by atoms with Crippen molar-refractivity contribution in [3.8, 4) is 0 Å². The van der Waals surface area contributed by atoms with Gasteiger partial charge in [-0.15, -0.1) is 11.8 Å².